The molecule has 1 N–H and O–H groups in total. The van der Waals surface area contributed by atoms with Crippen LogP contribution >= 0.6 is 22.6 Å². The minimum atomic E-state index is 0.0365. The van der Waals surface area contributed by atoms with E-state index in [-0.39, 0.29) is 5.56 Å². The summed E-state index contributed by atoms with van der Waals surface area (Å²) in [6.45, 7) is 2.04. The smallest absolute Gasteiger partial charge is 0.266 e. The Kier molecular flexibility index (Phi) is 3.59. The summed E-state index contributed by atoms with van der Waals surface area (Å²) in [5, 5.41) is 0. The van der Waals surface area contributed by atoms with Gasteiger partial charge in [0.15, 0.2) is 0 Å². The van der Waals surface area contributed by atoms with Crippen molar-refractivity contribution in [2.24, 2.45) is 0 Å². The zero-order valence-electron chi connectivity index (χ0n) is 10.4. The molecule has 1 aliphatic heterocycles. The summed E-state index contributed by atoms with van der Waals surface area (Å²) in [5.41, 5.74) is 1.08. The minimum Gasteiger partial charge on any atom is -0.342 e. The first-order chi connectivity index (χ1) is 8.75. The Balaban J connectivity index is 1.98. The predicted molar refractivity (Wildman–Crippen MR) is 80.2 cm³/mol. The highest BCUT2D eigenvalue weighted by molar-refractivity contribution is 14.1. The molecule has 0 spiro atoms. The Bertz CT molecular complexity index is 487. The van der Waals surface area contributed by atoms with Crippen molar-refractivity contribution in [3.63, 3.8) is 0 Å². The Morgan fingerprint density at radius 1 is 1.17 bits per heavy atom. The second-order valence-corrected chi connectivity index (χ2v) is 6.34. The molecule has 0 radical (unpaired) electrons. The maximum Gasteiger partial charge on any atom is 0.266 e. The molecular weight excluding hydrogens is 341 g/mol. The molecule has 0 unspecified atom stereocenters. The van der Waals surface area contributed by atoms with Gasteiger partial charge in [-0.25, -0.2) is 4.98 Å². The summed E-state index contributed by atoms with van der Waals surface area (Å²) in [7, 11) is 0. The van der Waals surface area contributed by atoms with Gasteiger partial charge in [0.2, 0.25) is 5.95 Å². The molecule has 1 saturated heterocycles. The molecule has 1 aliphatic carbocycles. The highest BCUT2D eigenvalue weighted by atomic mass is 127. The van der Waals surface area contributed by atoms with Gasteiger partial charge in [-0.1, -0.05) is 12.8 Å². The van der Waals surface area contributed by atoms with E-state index >= 15 is 0 Å². The molecule has 0 bridgehead atoms. The molecule has 2 fully saturated rings. The number of H-pyrrole nitrogens is 1. The van der Waals surface area contributed by atoms with Crippen LogP contribution in [0.2, 0.25) is 0 Å². The largest absolute Gasteiger partial charge is 0.342 e. The van der Waals surface area contributed by atoms with Crippen LogP contribution in [-0.2, 0) is 0 Å². The highest BCUT2D eigenvalue weighted by Gasteiger charge is 2.24. The van der Waals surface area contributed by atoms with Crippen molar-refractivity contribution in [2.45, 2.75) is 44.4 Å². The van der Waals surface area contributed by atoms with Gasteiger partial charge in [-0.3, -0.25) is 9.78 Å². The van der Waals surface area contributed by atoms with E-state index in [1.54, 1.807) is 0 Å². The van der Waals surface area contributed by atoms with Crippen LogP contribution in [0.25, 0.3) is 0 Å². The lowest BCUT2D eigenvalue weighted by atomic mass is 10.0. The third-order valence-electron chi connectivity index (χ3n) is 4.02. The van der Waals surface area contributed by atoms with Crippen LogP contribution in [0.4, 0.5) is 5.95 Å². The predicted octanol–water partition coefficient (Wildman–Crippen LogP) is 2.63. The second kappa shape index (κ2) is 5.19. The van der Waals surface area contributed by atoms with Crippen molar-refractivity contribution < 1.29 is 0 Å². The lowest BCUT2D eigenvalue weighted by molar-refractivity contribution is 0.682. The zero-order valence-corrected chi connectivity index (χ0v) is 12.6. The maximum atomic E-state index is 12.0. The summed E-state index contributed by atoms with van der Waals surface area (Å²) in [4.78, 5) is 21.9. The number of anilines is 1. The van der Waals surface area contributed by atoms with E-state index in [1.807, 2.05) is 0 Å². The summed E-state index contributed by atoms with van der Waals surface area (Å²) in [6, 6.07) is 0. The summed E-state index contributed by atoms with van der Waals surface area (Å²) < 4.78 is 0.794. The van der Waals surface area contributed by atoms with Gasteiger partial charge in [0.1, 0.15) is 3.57 Å². The van der Waals surface area contributed by atoms with Gasteiger partial charge in [-0.2, -0.15) is 0 Å². The van der Waals surface area contributed by atoms with Gasteiger partial charge in [-0.15, -0.1) is 0 Å². The second-order valence-electron chi connectivity index (χ2n) is 5.26. The van der Waals surface area contributed by atoms with Gasteiger partial charge < -0.3 is 4.90 Å². The fourth-order valence-electron chi connectivity index (χ4n) is 3.01. The topological polar surface area (TPSA) is 49.0 Å². The number of aromatic amines is 1. The number of hydrogen-bond donors (Lipinski definition) is 1. The molecular formula is C13H18IN3O. The zero-order chi connectivity index (χ0) is 12.5. The number of rotatable bonds is 2. The van der Waals surface area contributed by atoms with Gasteiger partial charge in [0.05, 0.1) is 5.69 Å². The molecule has 2 aliphatic rings. The third-order valence-corrected chi connectivity index (χ3v) is 5.07. The molecule has 2 heterocycles. The average Bonchev–Trinajstić information content (AvgIpc) is 3.03. The number of nitrogens with zero attached hydrogens (tertiary/aromatic N) is 2. The number of halogens is 1. The lowest BCUT2D eigenvalue weighted by Gasteiger charge is -2.18. The van der Waals surface area contributed by atoms with Crippen molar-refractivity contribution in [1.82, 2.24) is 9.97 Å². The lowest BCUT2D eigenvalue weighted by Crippen LogP contribution is -2.26. The van der Waals surface area contributed by atoms with Crippen molar-refractivity contribution in [2.75, 3.05) is 18.0 Å². The quantitative estimate of drug-likeness (QED) is 0.826. The molecule has 1 aromatic heterocycles. The fourth-order valence-corrected chi connectivity index (χ4v) is 3.71. The van der Waals surface area contributed by atoms with Crippen molar-refractivity contribution in [1.29, 1.82) is 0 Å². The standard InChI is InChI=1S/C13H18IN3O/c14-10-11(9-5-1-2-6-9)15-13(16-12(10)18)17-7-3-4-8-17/h9H,1-8H2,(H,15,16,18). The molecule has 0 amide bonds. The van der Waals surface area contributed by atoms with E-state index in [1.165, 1.54) is 38.5 Å². The highest BCUT2D eigenvalue weighted by Crippen LogP contribution is 2.34. The van der Waals surface area contributed by atoms with E-state index in [9.17, 15) is 4.79 Å². The molecule has 5 heteroatoms. The van der Waals surface area contributed by atoms with Gasteiger partial charge >= 0.3 is 0 Å². The molecule has 4 nitrogen and oxygen atoms in total. The SMILES string of the molecule is O=c1[nH]c(N2CCCC2)nc(C2CCCC2)c1I. The first-order valence-corrected chi connectivity index (χ1v) is 7.88. The molecule has 98 valence electrons. The first kappa shape index (κ1) is 12.4. The van der Waals surface area contributed by atoms with Gasteiger partial charge in [-0.05, 0) is 48.3 Å². The number of hydrogen-bond acceptors (Lipinski definition) is 3. The van der Waals surface area contributed by atoms with Crippen LogP contribution < -0.4 is 10.5 Å². The van der Waals surface area contributed by atoms with Crippen LogP contribution in [-0.4, -0.2) is 23.1 Å². The van der Waals surface area contributed by atoms with E-state index in [4.69, 9.17) is 4.98 Å². The minimum absolute atomic E-state index is 0.0365. The Morgan fingerprint density at radius 2 is 1.83 bits per heavy atom. The van der Waals surface area contributed by atoms with Crippen LogP contribution in [0.5, 0.6) is 0 Å². The normalized spacial score (nSPS) is 20.8. The van der Waals surface area contributed by atoms with Crippen LogP contribution in [0.3, 0.4) is 0 Å². The number of aromatic nitrogens is 2. The van der Waals surface area contributed by atoms with E-state index < -0.39 is 0 Å². The number of nitrogens with one attached hydrogen (secondary N) is 1. The first-order valence-electron chi connectivity index (χ1n) is 6.80. The maximum absolute atomic E-state index is 12.0. The monoisotopic (exact) mass is 359 g/mol. The van der Waals surface area contributed by atoms with Crippen LogP contribution in [0.1, 0.15) is 50.1 Å². The molecule has 1 saturated carbocycles. The summed E-state index contributed by atoms with van der Waals surface area (Å²) in [6.07, 6.45) is 7.32. The third kappa shape index (κ3) is 2.29. The molecule has 18 heavy (non-hydrogen) atoms. The molecule has 0 aromatic carbocycles. The van der Waals surface area contributed by atoms with Crippen LogP contribution in [0, 0.1) is 3.57 Å². The fraction of sp³-hybridized carbons (Fsp3) is 0.692. The Labute approximate surface area is 120 Å². The average molecular weight is 359 g/mol. The Hall–Kier alpha value is -0.590. The van der Waals surface area contributed by atoms with E-state index in [0.29, 0.717) is 5.92 Å². The summed E-state index contributed by atoms with van der Waals surface area (Å²) >= 11 is 2.15. The van der Waals surface area contributed by atoms with Gasteiger partial charge in [0.25, 0.3) is 5.56 Å². The molecule has 0 atom stereocenters. The summed E-state index contributed by atoms with van der Waals surface area (Å²) in [5.74, 6) is 1.29. The Morgan fingerprint density at radius 3 is 2.50 bits per heavy atom. The van der Waals surface area contributed by atoms with Gasteiger partial charge in [0, 0.05) is 19.0 Å². The van der Waals surface area contributed by atoms with E-state index in [2.05, 4.69) is 32.5 Å². The van der Waals surface area contributed by atoms with Crippen molar-refractivity contribution in [3.8, 4) is 0 Å². The van der Waals surface area contributed by atoms with Crippen molar-refractivity contribution in [3.05, 3.63) is 19.6 Å². The molecule has 1 aromatic rings. The van der Waals surface area contributed by atoms with Crippen LogP contribution in [0.15, 0.2) is 4.79 Å². The van der Waals surface area contributed by atoms with E-state index in [0.717, 1.165) is 28.3 Å². The molecule has 3 rings (SSSR count). The van der Waals surface area contributed by atoms with Crippen molar-refractivity contribution >= 4 is 28.5 Å².